The van der Waals surface area contributed by atoms with Crippen molar-refractivity contribution in [3.05, 3.63) is 0 Å². The second kappa shape index (κ2) is 47.5. The van der Waals surface area contributed by atoms with Crippen molar-refractivity contribution in [1.82, 2.24) is 9.80 Å². The van der Waals surface area contributed by atoms with E-state index in [9.17, 15) is 19.8 Å². The quantitative estimate of drug-likeness (QED) is 0.0460. The molecule has 8 nitrogen and oxygen atoms in total. The Kier molecular flexibility index (Phi) is 45.2. The summed E-state index contributed by atoms with van der Waals surface area (Å²) in [5.74, 6) is 0.952. The average molecular weight is 936 g/mol. The van der Waals surface area contributed by atoms with Gasteiger partial charge in [-0.2, -0.15) is 0 Å². The summed E-state index contributed by atoms with van der Waals surface area (Å²) in [7, 11) is 0. The molecule has 1 fully saturated rings. The predicted octanol–water partition coefficient (Wildman–Crippen LogP) is 15.3. The molecular formula is C58H114N2O6. The monoisotopic (exact) mass is 935 g/mol. The summed E-state index contributed by atoms with van der Waals surface area (Å²) < 4.78 is 11.8. The minimum absolute atomic E-state index is 0.0215. The Morgan fingerprint density at radius 3 is 1.20 bits per heavy atom. The van der Waals surface area contributed by atoms with Gasteiger partial charge in [0.2, 0.25) is 0 Å². The van der Waals surface area contributed by atoms with Crippen LogP contribution in [0.3, 0.4) is 0 Å². The van der Waals surface area contributed by atoms with Gasteiger partial charge in [-0.15, -0.1) is 0 Å². The molecule has 1 saturated carbocycles. The summed E-state index contributed by atoms with van der Waals surface area (Å²) in [5.41, 5.74) is 0. The zero-order chi connectivity index (χ0) is 48.0. The van der Waals surface area contributed by atoms with E-state index in [0.29, 0.717) is 50.5 Å². The first kappa shape index (κ1) is 62.8. The molecule has 0 amide bonds. The van der Waals surface area contributed by atoms with Gasteiger partial charge in [-0.1, -0.05) is 195 Å². The zero-order valence-electron chi connectivity index (χ0n) is 44.7. The number of nitrogens with zero attached hydrogens (tertiary/aromatic N) is 2. The standard InChI is InChI=1S/C58H114N2O6/c1-5-9-13-17-21-27-35-53(36-28-22-18-14-10-6-2)51-65-57(63)39-31-25-33-45-59(49-50-61)47-48-60(55-41-43-56(62)44-42-55)46-34-26-32-40-58(64)66-52-54(37-29-23-19-15-11-7-3)38-30-24-20-16-12-8-4/h53-56,61-62H,5-52H2,1-4H3. The Morgan fingerprint density at radius 1 is 0.439 bits per heavy atom. The van der Waals surface area contributed by atoms with Gasteiger partial charge in [0, 0.05) is 38.5 Å². The highest BCUT2D eigenvalue weighted by Crippen LogP contribution is 2.25. The van der Waals surface area contributed by atoms with E-state index in [1.54, 1.807) is 0 Å². The van der Waals surface area contributed by atoms with Gasteiger partial charge in [0.05, 0.1) is 25.9 Å². The lowest BCUT2D eigenvalue weighted by atomic mass is 9.91. The lowest BCUT2D eigenvalue weighted by Crippen LogP contribution is -2.44. The fourth-order valence-corrected chi connectivity index (χ4v) is 10.2. The molecule has 0 spiro atoms. The number of carbonyl (C=O) groups is 2. The smallest absolute Gasteiger partial charge is 0.305 e. The number of aliphatic hydroxyl groups is 2. The molecule has 1 aliphatic rings. The third-order valence-corrected chi connectivity index (χ3v) is 14.8. The minimum atomic E-state index is -0.176. The second-order valence-corrected chi connectivity index (χ2v) is 21.0. The van der Waals surface area contributed by atoms with E-state index < -0.39 is 0 Å². The van der Waals surface area contributed by atoms with Gasteiger partial charge in [-0.05, 0) is 102 Å². The number of hydrogen-bond acceptors (Lipinski definition) is 8. The first-order valence-electron chi connectivity index (χ1n) is 29.4. The number of rotatable bonds is 50. The Balaban J connectivity index is 2.49. The Hall–Kier alpha value is -1.22. The minimum Gasteiger partial charge on any atom is -0.465 e. The lowest BCUT2D eigenvalue weighted by Gasteiger charge is -2.37. The van der Waals surface area contributed by atoms with Crippen LogP contribution >= 0.6 is 0 Å². The molecule has 1 aliphatic carbocycles. The Morgan fingerprint density at radius 2 is 0.803 bits per heavy atom. The molecular weight excluding hydrogens is 821 g/mol. The van der Waals surface area contributed by atoms with E-state index in [1.165, 1.54) is 180 Å². The molecule has 66 heavy (non-hydrogen) atoms. The molecule has 2 N–H and O–H groups in total. The highest BCUT2D eigenvalue weighted by molar-refractivity contribution is 5.69. The van der Waals surface area contributed by atoms with Gasteiger partial charge in [0.15, 0.2) is 0 Å². The molecule has 392 valence electrons. The number of esters is 2. The van der Waals surface area contributed by atoms with Crippen LogP contribution in [0, 0.1) is 11.8 Å². The summed E-state index contributed by atoms with van der Waals surface area (Å²) in [6.45, 7) is 14.9. The normalized spacial score (nSPS) is 15.5. The lowest BCUT2D eigenvalue weighted by molar-refractivity contribution is -0.146. The van der Waals surface area contributed by atoms with Crippen molar-refractivity contribution in [3.8, 4) is 0 Å². The molecule has 0 atom stereocenters. The van der Waals surface area contributed by atoms with Crippen LogP contribution in [0.1, 0.15) is 285 Å². The van der Waals surface area contributed by atoms with Gasteiger partial charge in [-0.25, -0.2) is 0 Å². The number of ether oxygens (including phenoxy) is 2. The van der Waals surface area contributed by atoms with Crippen LogP contribution in [-0.2, 0) is 19.1 Å². The van der Waals surface area contributed by atoms with Crippen molar-refractivity contribution in [1.29, 1.82) is 0 Å². The van der Waals surface area contributed by atoms with E-state index in [1.807, 2.05) is 0 Å². The molecule has 0 aromatic carbocycles. The van der Waals surface area contributed by atoms with E-state index >= 15 is 0 Å². The fraction of sp³-hybridized carbons (Fsp3) is 0.966. The van der Waals surface area contributed by atoms with Gasteiger partial charge in [-0.3, -0.25) is 19.4 Å². The van der Waals surface area contributed by atoms with Crippen LogP contribution in [0.15, 0.2) is 0 Å². The van der Waals surface area contributed by atoms with Crippen LogP contribution in [-0.4, -0.2) is 96.6 Å². The first-order chi connectivity index (χ1) is 32.4. The van der Waals surface area contributed by atoms with Crippen molar-refractivity contribution < 1.29 is 29.3 Å². The summed E-state index contributed by atoms with van der Waals surface area (Å²) >= 11 is 0. The summed E-state index contributed by atoms with van der Waals surface area (Å²) in [6, 6.07) is 0.478. The van der Waals surface area contributed by atoms with Gasteiger partial charge in [0.25, 0.3) is 0 Å². The third-order valence-electron chi connectivity index (χ3n) is 14.8. The predicted molar refractivity (Wildman–Crippen MR) is 281 cm³/mol. The van der Waals surface area contributed by atoms with Crippen LogP contribution in [0.2, 0.25) is 0 Å². The maximum absolute atomic E-state index is 12.9. The van der Waals surface area contributed by atoms with Crippen LogP contribution in [0.4, 0.5) is 0 Å². The highest BCUT2D eigenvalue weighted by atomic mass is 16.5. The molecule has 0 radical (unpaired) electrons. The van der Waals surface area contributed by atoms with Gasteiger partial charge in [0.1, 0.15) is 0 Å². The van der Waals surface area contributed by atoms with Crippen LogP contribution in [0.25, 0.3) is 0 Å². The van der Waals surface area contributed by atoms with Gasteiger partial charge < -0.3 is 19.7 Å². The molecule has 0 saturated heterocycles. The average Bonchev–Trinajstić information content (AvgIpc) is 3.32. The maximum Gasteiger partial charge on any atom is 0.305 e. The number of aliphatic hydroxyl groups excluding tert-OH is 2. The molecule has 0 bridgehead atoms. The zero-order valence-corrected chi connectivity index (χ0v) is 44.7. The van der Waals surface area contributed by atoms with E-state index in [0.717, 1.165) is 90.4 Å². The van der Waals surface area contributed by atoms with Crippen molar-refractivity contribution in [2.75, 3.05) is 52.5 Å². The largest absolute Gasteiger partial charge is 0.465 e. The summed E-state index contributed by atoms with van der Waals surface area (Å²) in [4.78, 5) is 30.7. The topological polar surface area (TPSA) is 99.5 Å². The van der Waals surface area contributed by atoms with Crippen LogP contribution < -0.4 is 0 Å². The fourth-order valence-electron chi connectivity index (χ4n) is 10.2. The highest BCUT2D eigenvalue weighted by Gasteiger charge is 2.25. The van der Waals surface area contributed by atoms with Crippen LogP contribution in [0.5, 0.6) is 0 Å². The number of unbranched alkanes of at least 4 members (excludes halogenated alkanes) is 24. The third kappa shape index (κ3) is 38.6. The SMILES string of the molecule is CCCCCCCCC(CCCCCCCC)COC(=O)CCCCCN(CCO)CCN(CCCCCC(=O)OCC(CCCCCCCC)CCCCCCCC)C1CCC(O)CC1. The molecule has 0 unspecified atom stereocenters. The summed E-state index contributed by atoms with van der Waals surface area (Å²) in [5, 5.41) is 20.2. The van der Waals surface area contributed by atoms with Crippen molar-refractivity contribution in [3.63, 3.8) is 0 Å². The van der Waals surface area contributed by atoms with Crippen molar-refractivity contribution in [2.24, 2.45) is 11.8 Å². The molecule has 0 aliphatic heterocycles. The van der Waals surface area contributed by atoms with Gasteiger partial charge >= 0.3 is 11.9 Å². The maximum atomic E-state index is 12.9. The number of carbonyl (C=O) groups excluding carboxylic acids is 2. The van der Waals surface area contributed by atoms with E-state index in [2.05, 4.69) is 37.5 Å². The molecule has 0 aromatic rings. The molecule has 8 heteroatoms. The second-order valence-electron chi connectivity index (χ2n) is 21.0. The van der Waals surface area contributed by atoms with E-state index in [4.69, 9.17) is 9.47 Å². The van der Waals surface area contributed by atoms with Crippen molar-refractivity contribution in [2.45, 2.75) is 297 Å². The summed E-state index contributed by atoms with van der Waals surface area (Å²) in [6.07, 6.45) is 46.6. The first-order valence-corrected chi connectivity index (χ1v) is 29.4. The number of hydrogen-bond donors (Lipinski definition) is 2. The molecule has 1 rings (SSSR count). The Labute approximate surface area is 410 Å². The Bertz CT molecular complexity index is 1010. The molecule has 0 aromatic heterocycles. The van der Waals surface area contributed by atoms with E-state index in [-0.39, 0.29) is 24.6 Å². The molecule has 0 heterocycles. The van der Waals surface area contributed by atoms with Crippen molar-refractivity contribution >= 4 is 11.9 Å².